The maximum absolute atomic E-state index is 12.2. The van der Waals surface area contributed by atoms with Crippen LogP contribution in [0.4, 0.5) is 0 Å². The summed E-state index contributed by atoms with van der Waals surface area (Å²) in [5.74, 6) is 0.0722. The van der Waals surface area contributed by atoms with E-state index in [0.717, 1.165) is 12.8 Å². The number of rotatable bonds is 4. The first kappa shape index (κ1) is 15.7. The third kappa shape index (κ3) is 3.51. The number of nitrogens with zero attached hydrogens (tertiary/aromatic N) is 2. The van der Waals surface area contributed by atoms with Crippen LogP contribution < -0.4 is 5.32 Å². The van der Waals surface area contributed by atoms with Gasteiger partial charge in [-0.05, 0) is 25.7 Å². The van der Waals surface area contributed by atoms with Gasteiger partial charge in [-0.15, -0.1) is 0 Å². The molecule has 0 atom stereocenters. The predicted octanol–water partition coefficient (Wildman–Crippen LogP) is 0.564. The van der Waals surface area contributed by atoms with Crippen LogP contribution in [0.3, 0.4) is 0 Å². The highest BCUT2D eigenvalue weighted by Gasteiger charge is 2.32. The summed E-state index contributed by atoms with van der Waals surface area (Å²) in [6.45, 7) is 0.868. The van der Waals surface area contributed by atoms with E-state index >= 15 is 0 Å². The average Bonchev–Trinajstić information content (AvgIpc) is 2.91. The largest absolute Gasteiger partial charge is 0.353 e. The number of carbonyl (C=O) groups excluding carboxylic acids is 1. The monoisotopic (exact) mass is 303 g/mol. The van der Waals surface area contributed by atoms with Crippen LogP contribution in [0.5, 0.6) is 0 Å². The van der Waals surface area contributed by atoms with Crippen molar-refractivity contribution < 1.29 is 13.2 Å². The van der Waals surface area contributed by atoms with Gasteiger partial charge in [0.05, 0.1) is 0 Å². The van der Waals surface area contributed by atoms with E-state index in [1.807, 2.05) is 0 Å². The molecule has 1 aliphatic heterocycles. The second kappa shape index (κ2) is 6.41. The minimum atomic E-state index is -3.34. The van der Waals surface area contributed by atoms with Gasteiger partial charge >= 0.3 is 0 Å². The molecule has 7 heteroatoms. The Morgan fingerprint density at radius 1 is 1.10 bits per heavy atom. The molecule has 2 aliphatic rings. The Kier molecular flexibility index (Phi) is 5.04. The zero-order chi connectivity index (χ0) is 14.8. The summed E-state index contributed by atoms with van der Waals surface area (Å²) in [6, 6.07) is 0.339. The molecule has 0 spiro atoms. The van der Waals surface area contributed by atoms with Gasteiger partial charge < -0.3 is 5.32 Å². The molecule has 1 amide bonds. The Hall–Kier alpha value is -0.660. The number of hydrogen-bond donors (Lipinski definition) is 1. The summed E-state index contributed by atoms with van der Waals surface area (Å²) in [5.41, 5.74) is 0. The van der Waals surface area contributed by atoms with Crippen molar-refractivity contribution in [3.05, 3.63) is 0 Å². The van der Waals surface area contributed by atoms with Crippen molar-refractivity contribution in [3.8, 4) is 0 Å². The van der Waals surface area contributed by atoms with E-state index in [4.69, 9.17) is 0 Å². The molecule has 20 heavy (non-hydrogen) atoms. The molecule has 1 heterocycles. The quantitative estimate of drug-likeness (QED) is 0.825. The molecule has 6 nitrogen and oxygen atoms in total. The summed E-state index contributed by atoms with van der Waals surface area (Å²) >= 11 is 0. The molecule has 1 saturated heterocycles. The molecule has 1 saturated carbocycles. The Morgan fingerprint density at radius 3 is 2.15 bits per heavy atom. The Labute approximate surface area is 121 Å². The van der Waals surface area contributed by atoms with Crippen molar-refractivity contribution >= 4 is 16.1 Å². The van der Waals surface area contributed by atoms with Gasteiger partial charge in [-0.3, -0.25) is 4.79 Å². The topological polar surface area (TPSA) is 69.7 Å². The van der Waals surface area contributed by atoms with Gasteiger partial charge in [-0.2, -0.15) is 17.0 Å². The molecule has 0 bridgehead atoms. The summed E-state index contributed by atoms with van der Waals surface area (Å²) in [6.07, 6.45) is 5.80. The first-order valence-corrected chi connectivity index (χ1v) is 8.79. The van der Waals surface area contributed by atoms with Gasteiger partial charge in [0, 0.05) is 39.1 Å². The molecule has 0 aromatic carbocycles. The summed E-state index contributed by atoms with van der Waals surface area (Å²) in [5, 5.41) is 3.11. The molecular weight excluding hydrogens is 278 g/mol. The van der Waals surface area contributed by atoms with Crippen LogP contribution in [-0.2, 0) is 15.0 Å². The Bertz CT molecular complexity index is 436. The molecule has 1 N–H and O–H groups in total. The number of piperidine rings is 1. The average molecular weight is 303 g/mol. The number of hydrogen-bond acceptors (Lipinski definition) is 3. The summed E-state index contributed by atoms with van der Waals surface area (Å²) in [7, 11) is -0.265. The first-order valence-electron chi connectivity index (χ1n) is 7.39. The van der Waals surface area contributed by atoms with Gasteiger partial charge in [0.15, 0.2) is 0 Å². The van der Waals surface area contributed by atoms with E-state index < -0.39 is 10.2 Å². The predicted molar refractivity (Wildman–Crippen MR) is 77.3 cm³/mol. The SMILES string of the molecule is CN(C)S(=O)(=O)N1CCC(C(=O)NC2CCCC2)CC1. The maximum atomic E-state index is 12.2. The van der Waals surface area contributed by atoms with Crippen LogP contribution in [0.15, 0.2) is 0 Å². The van der Waals surface area contributed by atoms with Crippen molar-refractivity contribution in [1.29, 1.82) is 0 Å². The highest BCUT2D eigenvalue weighted by molar-refractivity contribution is 7.86. The van der Waals surface area contributed by atoms with E-state index in [9.17, 15) is 13.2 Å². The third-order valence-corrected chi connectivity index (χ3v) is 6.25. The summed E-state index contributed by atoms with van der Waals surface area (Å²) < 4.78 is 26.7. The van der Waals surface area contributed by atoms with Crippen LogP contribution >= 0.6 is 0 Å². The lowest BCUT2D eigenvalue weighted by atomic mass is 9.97. The smallest absolute Gasteiger partial charge is 0.281 e. The lowest BCUT2D eigenvalue weighted by Gasteiger charge is -2.32. The molecule has 2 rings (SSSR count). The van der Waals surface area contributed by atoms with E-state index in [0.29, 0.717) is 32.0 Å². The first-order chi connectivity index (χ1) is 9.41. The van der Waals surface area contributed by atoms with Crippen molar-refractivity contribution in [2.45, 2.75) is 44.6 Å². The lowest BCUT2D eigenvalue weighted by molar-refractivity contribution is -0.126. The van der Waals surface area contributed by atoms with Crippen molar-refractivity contribution in [3.63, 3.8) is 0 Å². The van der Waals surface area contributed by atoms with Crippen LogP contribution in [0.1, 0.15) is 38.5 Å². The molecule has 116 valence electrons. The van der Waals surface area contributed by atoms with Crippen LogP contribution in [0.2, 0.25) is 0 Å². The molecule has 0 unspecified atom stereocenters. The van der Waals surface area contributed by atoms with E-state index in [1.54, 1.807) is 0 Å². The van der Waals surface area contributed by atoms with Gasteiger partial charge in [0.1, 0.15) is 0 Å². The molecular formula is C13H25N3O3S. The fourth-order valence-corrected chi connectivity index (χ4v) is 4.10. The highest BCUT2D eigenvalue weighted by atomic mass is 32.2. The minimum absolute atomic E-state index is 0.0378. The van der Waals surface area contributed by atoms with E-state index in [-0.39, 0.29) is 11.8 Å². The zero-order valence-corrected chi connectivity index (χ0v) is 13.2. The molecule has 0 aromatic rings. The van der Waals surface area contributed by atoms with Gasteiger partial charge in [0.25, 0.3) is 10.2 Å². The van der Waals surface area contributed by atoms with Crippen molar-refractivity contribution in [2.24, 2.45) is 5.92 Å². The zero-order valence-electron chi connectivity index (χ0n) is 12.3. The second-order valence-corrected chi connectivity index (χ2v) is 8.10. The van der Waals surface area contributed by atoms with Crippen molar-refractivity contribution in [2.75, 3.05) is 27.2 Å². The number of carbonyl (C=O) groups is 1. The maximum Gasteiger partial charge on any atom is 0.281 e. The van der Waals surface area contributed by atoms with Gasteiger partial charge in [0.2, 0.25) is 5.91 Å². The van der Waals surface area contributed by atoms with Gasteiger partial charge in [-0.1, -0.05) is 12.8 Å². The molecule has 2 fully saturated rings. The second-order valence-electron chi connectivity index (χ2n) is 5.95. The van der Waals surface area contributed by atoms with Gasteiger partial charge in [-0.25, -0.2) is 0 Å². The fourth-order valence-electron chi connectivity index (χ4n) is 2.97. The molecule has 0 radical (unpaired) electrons. The standard InChI is InChI=1S/C13H25N3O3S/c1-15(2)20(18,19)16-9-7-11(8-10-16)13(17)14-12-5-3-4-6-12/h11-12H,3-10H2,1-2H3,(H,14,17). The summed E-state index contributed by atoms with van der Waals surface area (Å²) in [4.78, 5) is 12.2. The van der Waals surface area contributed by atoms with Crippen LogP contribution in [0.25, 0.3) is 0 Å². The van der Waals surface area contributed by atoms with E-state index in [2.05, 4.69) is 5.32 Å². The van der Waals surface area contributed by atoms with Crippen molar-refractivity contribution in [1.82, 2.24) is 13.9 Å². The Morgan fingerprint density at radius 2 is 1.65 bits per heavy atom. The van der Waals surface area contributed by atoms with Crippen LogP contribution in [-0.4, -0.2) is 56.2 Å². The van der Waals surface area contributed by atoms with Crippen LogP contribution in [0, 0.1) is 5.92 Å². The number of amides is 1. The third-order valence-electron chi connectivity index (χ3n) is 4.31. The minimum Gasteiger partial charge on any atom is -0.353 e. The fraction of sp³-hybridized carbons (Fsp3) is 0.923. The molecule has 1 aliphatic carbocycles. The lowest BCUT2D eigenvalue weighted by Crippen LogP contribution is -2.47. The Balaban J connectivity index is 1.83. The molecule has 0 aromatic heterocycles. The normalized spacial score (nSPS) is 23.4. The number of nitrogens with one attached hydrogen (secondary N) is 1. The highest BCUT2D eigenvalue weighted by Crippen LogP contribution is 2.23. The van der Waals surface area contributed by atoms with E-state index in [1.165, 1.54) is 35.5 Å².